The van der Waals surface area contributed by atoms with Crippen molar-refractivity contribution in [3.63, 3.8) is 0 Å². The van der Waals surface area contributed by atoms with E-state index in [1.807, 2.05) is 18.2 Å². The summed E-state index contributed by atoms with van der Waals surface area (Å²) in [6.45, 7) is 0.861. The number of H-pyrrole nitrogens is 1. The first-order chi connectivity index (χ1) is 13.8. The Labute approximate surface area is 162 Å². The van der Waals surface area contributed by atoms with Gasteiger partial charge >= 0.3 is 0 Å². The van der Waals surface area contributed by atoms with E-state index in [1.54, 1.807) is 0 Å². The molecule has 3 heterocycles. The van der Waals surface area contributed by atoms with E-state index in [0.717, 1.165) is 30.8 Å². The van der Waals surface area contributed by atoms with Gasteiger partial charge in [0, 0.05) is 24.2 Å². The number of halogens is 1. The van der Waals surface area contributed by atoms with Gasteiger partial charge in [0.1, 0.15) is 12.1 Å². The normalized spacial score (nSPS) is 19.6. The van der Waals surface area contributed by atoms with Crippen LogP contribution in [0.5, 0.6) is 0 Å². The maximum absolute atomic E-state index is 13.3. The van der Waals surface area contributed by atoms with Gasteiger partial charge in [0.15, 0.2) is 5.82 Å². The molecule has 5 rings (SSSR count). The Kier molecular flexibility index (Phi) is 4.38. The fourth-order valence-corrected chi connectivity index (χ4v) is 3.97. The van der Waals surface area contributed by atoms with Crippen molar-refractivity contribution in [2.45, 2.75) is 44.1 Å². The van der Waals surface area contributed by atoms with Gasteiger partial charge in [0.25, 0.3) is 0 Å². The molecule has 2 fully saturated rings. The summed E-state index contributed by atoms with van der Waals surface area (Å²) >= 11 is 0. The Bertz CT molecular complexity index is 951. The molecule has 0 bridgehead atoms. The zero-order valence-corrected chi connectivity index (χ0v) is 15.5. The summed E-state index contributed by atoms with van der Waals surface area (Å²) in [6.07, 6.45) is 7.28. The molecule has 2 aromatic heterocycles. The molecule has 0 spiro atoms. The minimum absolute atomic E-state index is 0.145. The van der Waals surface area contributed by atoms with Gasteiger partial charge in [0.2, 0.25) is 11.9 Å². The Morgan fingerprint density at radius 2 is 1.93 bits per heavy atom. The predicted octanol–water partition coefficient (Wildman–Crippen LogP) is 4.09. The minimum Gasteiger partial charge on any atom is -0.334 e. The van der Waals surface area contributed by atoms with Gasteiger partial charge in [-0.25, -0.2) is 14.4 Å². The lowest BCUT2D eigenvalue weighted by atomic mass is 9.83. The summed E-state index contributed by atoms with van der Waals surface area (Å²) in [6, 6.07) is 8.86. The number of hydrogen-bond acceptors (Lipinski definition) is 6. The largest absolute Gasteiger partial charge is 0.334 e. The number of hydrogen-bond donors (Lipinski definition) is 2. The second kappa shape index (κ2) is 7.18. The number of rotatable bonds is 5. The molecule has 144 valence electrons. The zero-order chi connectivity index (χ0) is 18.9. The van der Waals surface area contributed by atoms with E-state index in [4.69, 9.17) is 0 Å². The molecule has 3 aromatic rings. The van der Waals surface area contributed by atoms with E-state index in [2.05, 4.69) is 35.4 Å². The van der Waals surface area contributed by atoms with Crippen LogP contribution in [0.4, 0.5) is 22.1 Å². The fourth-order valence-electron chi connectivity index (χ4n) is 3.97. The minimum atomic E-state index is -0.222. The third kappa shape index (κ3) is 3.30. The molecule has 2 aliphatic rings. The maximum Gasteiger partial charge on any atom is 0.233 e. The summed E-state index contributed by atoms with van der Waals surface area (Å²) in [5.74, 6) is 2.19. The van der Waals surface area contributed by atoms with Crippen LogP contribution in [0.15, 0.2) is 36.7 Å². The van der Waals surface area contributed by atoms with Gasteiger partial charge < -0.3 is 10.2 Å². The first kappa shape index (κ1) is 17.1. The monoisotopic (exact) mass is 379 g/mol. The van der Waals surface area contributed by atoms with Crippen molar-refractivity contribution in [2.75, 3.05) is 16.8 Å². The van der Waals surface area contributed by atoms with E-state index in [-0.39, 0.29) is 11.9 Å². The standard InChI is InChI=1S/C20H22FN7/c21-15-8-6-14(7-9-15)17-5-2-10-28(17)20-23-12-22-19(25-20)24-18-11-16(26-27-18)13-3-1-4-13/h6-9,11-13,17H,1-5,10H2,(H2,22,23,24,25,26,27). The Balaban J connectivity index is 1.34. The van der Waals surface area contributed by atoms with Gasteiger partial charge in [-0.3, -0.25) is 5.10 Å². The van der Waals surface area contributed by atoms with E-state index in [1.165, 1.54) is 43.4 Å². The summed E-state index contributed by atoms with van der Waals surface area (Å²) in [7, 11) is 0. The maximum atomic E-state index is 13.3. The highest BCUT2D eigenvalue weighted by Crippen LogP contribution is 2.36. The molecular formula is C20H22FN7. The molecule has 8 heteroatoms. The Morgan fingerprint density at radius 3 is 2.71 bits per heavy atom. The summed E-state index contributed by atoms with van der Waals surface area (Å²) in [5, 5.41) is 10.6. The molecule has 1 saturated heterocycles. The van der Waals surface area contributed by atoms with Crippen LogP contribution in [0.2, 0.25) is 0 Å². The van der Waals surface area contributed by atoms with Crippen LogP contribution in [0.25, 0.3) is 0 Å². The lowest BCUT2D eigenvalue weighted by molar-refractivity contribution is 0.410. The average molecular weight is 379 g/mol. The van der Waals surface area contributed by atoms with E-state index < -0.39 is 0 Å². The fraction of sp³-hybridized carbons (Fsp3) is 0.400. The van der Waals surface area contributed by atoms with E-state index >= 15 is 0 Å². The molecule has 28 heavy (non-hydrogen) atoms. The molecule has 1 aromatic carbocycles. The quantitative estimate of drug-likeness (QED) is 0.695. The van der Waals surface area contributed by atoms with Gasteiger partial charge in [-0.15, -0.1) is 0 Å². The summed E-state index contributed by atoms with van der Waals surface area (Å²) in [5.41, 5.74) is 2.24. The predicted molar refractivity (Wildman–Crippen MR) is 104 cm³/mol. The van der Waals surface area contributed by atoms with Crippen LogP contribution in [-0.4, -0.2) is 31.7 Å². The highest BCUT2D eigenvalue weighted by Gasteiger charge is 2.28. The number of nitrogens with zero attached hydrogens (tertiary/aromatic N) is 5. The Hall–Kier alpha value is -3.03. The molecule has 1 unspecified atom stereocenters. The average Bonchev–Trinajstić information content (AvgIpc) is 3.31. The lowest BCUT2D eigenvalue weighted by Crippen LogP contribution is -2.25. The van der Waals surface area contributed by atoms with Crippen molar-refractivity contribution in [1.82, 2.24) is 25.1 Å². The molecule has 1 aliphatic heterocycles. The van der Waals surface area contributed by atoms with Crippen molar-refractivity contribution >= 4 is 17.7 Å². The van der Waals surface area contributed by atoms with Crippen LogP contribution in [0, 0.1) is 5.82 Å². The first-order valence-corrected chi connectivity index (χ1v) is 9.80. The van der Waals surface area contributed by atoms with Crippen molar-refractivity contribution in [1.29, 1.82) is 0 Å². The Morgan fingerprint density at radius 1 is 1.07 bits per heavy atom. The zero-order valence-electron chi connectivity index (χ0n) is 15.5. The van der Waals surface area contributed by atoms with Gasteiger partial charge in [0.05, 0.1) is 6.04 Å². The third-order valence-corrected chi connectivity index (χ3v) is 5.71. The van der Waals surface area contributed by atoms with Gasteiger partial charge in [-0.05, 0) is 43.4 Å². The number of aromatic nitrogens is 5. The highest BCUT2D eigenvalue weighted by atomic mass is 19.1. The summed E-state index contributed by atoms with van der Waals surface area (Å²) in [4.78, 5) is 15.4. The smallest absolute Gasteiger partial charge is 0.233 e. The molecule has 2 N–H and O–H groups in total. The van der Waals surface area contributed by atoms with Crippen LogP contribution in [-0.2, 0) is 0 Å². The number of nitrogens with one attached hydrogen (secondary N) is 2. The van der Waals surface area contributed by atoms with Crippen molar-refractivity contribution < 1.29 is 4.39 Å². The highest BCUT2D eigenvalue weighted by molar-refractivity contribution is 5.50. The topological polar surface area (TPSA) is 82.6 Å². The molecule has 7 nitrogen and oxygen atoms in total. The molecular weight excluding hydrogens is 357 g/mol. The van der Waals surface area contributed by atoms with Crippen LogP contribution < -0.4 is 10.2 Å². The third-order valence-electron chi connectivity index (χ3n) is 5.71. The van der Waals surface area contributed by atoms with Crippen LogP contribution >= 0.6 is 0 Å². The molecule has 0 amide bonds. The van der Waals surface area contributed by atoms with Gasteiger partial charge in [-0.1, -0.05) is 18.6 Å². The van der Waals surface area contributed by atoms with Crippen molar-refractivity contribution in [3.8, 4) is 0 Å². The lowest BCUT2D eigenvalue weighted by Gasteiger charge is -2.25. The molecule has 1 aliphatic carbocycles. The second-order valence-corrected chi connectivity index (χ2v) is 7.47. The summed E-state index contributed by atoms with van der Waals surface area (Å²) < 4.78 is 13.3. The molecule has 1 saturated carbocycles. The first-order valence-electron chi connectivity index (χ1n) is 9.80. The van der Waals surface area contributed by atoms with Crippen molar-refractivity contribution in [3.05, 3.63) is 53.7 Å². The second-order valence-electron chi connectivity index (χ2n) is 7.47. The van der Waals surface area contributed by atoms with Crippen molar-refractivity contribution in [2.24, 2.45) is 0 Å². The van der Waals surface area contributed by atoms with E-state index in [0.29, 0.717) is 17.8 Å². The number of benzene rings is 1. The van der Waals surface area contributed by atoms with E-state index in [9.17, 15) is 4.39 Å². The van der Waals surface area contributed by atoms with Crippen LogP contribution in [0.3, 0.4) is 0 Å². The van der Waals surface area contributed by atoms with Gasteiger partial charge in [-0.2, -0.15) is 10.1 Å². The number of anilines is 3. The molecule has 1 atom stereocenters. The molecule has 0 radical (unpaired) electrons. The van der Waals surface area contributed by atoms with Crippen LogP contribution in [0.1, 0.15) is 55.3 Å². The SMILES string of the molecule is Fc1ccc(C2CCCN2c2ncnc(Nc3cc(C4CCC4)[nH]n3)n2)cc1. The number of aromatic amines is 1.